The first-order valence-corrected chi connectivity index (χ1v) is 10.3. The third kappa shape index (κ3) is 8.41. The molecule has 27 heavy (non-hydrogen) atoms. The zero-order valence-corrected chi connectivity index (χ0v) is 19.7. The monoisotopic (exact) mass is 495 g/mol. The molecule has 0 bridgehead atoms. The summed E-state index contributed by atoms with van der Waals surface area (Å²) in [6.45, 7) is 13.0. The van der Waals surface area contributed by atoms with E-state index in [4.69, 9.17) is 9.73 Å². The van der Waals surface area contributed by atoms with Gasteiger partial charge in [-0.3, -0.25) is 9.89 Å². The molecule has 0 aromatic heterocycles. The van der Waals surface area contributed by atoms with E-state index >= 15 is 0 Å². The van der Waals surface area contributed by atoms with Crippen LogP contribution < -0.4 is 10.6 Å². The number of guanidine groups is 1. The van der Waals surface area contributed by atoms with Crippen LogP contribution in [0.15, 0.2) is 4.99 Å². The first kappa shape index (κ1) is 24.3. The maximum atomic E-state index is 11.8. The van der Waals surface area contributed by atoms with Gasteiger partial charge >= 0.3 is 6.09 Å². The third-order valence-corrected chi connectivity index (χ3v) is 5.01. The van der Waals surface area contributed by atoms with Gasteiger partial charge in [0.25, 0.3) is 0 Å². The van der Waals surface area contributed by atoms with Crippen molar-refractivity contribution in [3.8, 4) is 0 Å². The number of aliphatic imine (C=N–C) groups is 1. The highest BCUT2D eigenvalue weighted by Crippen LogP contribution is 2.28. The molecule has 1 heterocycles. The highest BCUT2D eigenvalue weighted by atomic mass is 127. The van der Waals surface area contributed by atoms with Crippen LogP contribution >= 0.6 is 24.0 Å². The second-order valence-corrected chi connectivity index (χ2v) is 7.43. The molecule has 0 atom stereocenters. The van der Waals surface area contributed by atoms with Gasteiger partial charge in [0.2, 0.25) is 0 Å². The number of halogens is 1. The molecule has 8 heteroatoms. The van der Waals surface area contributed by atoms with E-state index < -0.39 is 0 Å². The second kappa shape index (κ2) is 12.6. The molecule has 0 radical (unpaired) electrons. The zero-order chi connectivity index (χ0) is 18.9. The summed E-state index contributed by atoms with van der Waals surface area (Å²) in [4.78, 5) is 20.9. The Balaban J connectivity index is 0.00000364. The Morgan fingerprint density at radius 3 is 2.41 bits per heavy atom. The average molecular weight is 495 g/mol. The van der Waals surface area contributed by atoms with Crippen molar-refractivity contribution in [1.29, 1.82) is 0 Å². The van der Waals surface area contributed by atoms with Crippen molar-refractivity contribution in [3.05, 3.63) is 0 Å². The van der Waals surface area contributed by atoms with Crippen LogP contribution in [-0.2, 0) is 4.74 Å². The topological polar surface area (TPSA) is 69.2 Å². The van der Waals surface area contributed by atoms with Crippen LogP contribution in [0.5, 0.6) is 0 Å². The van der Waals surface area contributed by atoms with E-state index in [9.17, 15) is 4.79 Å². The molecular weight excluding hydrogens is 457 g/mol. The first-order chi connectivity index (χ1) is 12.5. The van der Waals surface area contributed by atoms with Crippen molar-refractivity contribution in [2.45, 2.75) is 71.5 Å². The van der Waals surface area contributed by atoms with Gasteiger partial charge in [0.05, 0.1) is 13.2 Å². The second-order valence-electron chi connectivity index (χ2n) is 7.43. The summed E-state index contributed by atoms with van der Waals surface area (Å²) < 4.78 is 5.08. The molecule has 1 aliphatic carbocycles. The number of nitrogens with zero attached hydrogens (tertiary/aromatic N) is 3. The Hall–Kier alpha value is -0.770. The highest BCUT2D eigenvalue weighted by molar-refractivity contribution is 14.0. The highest BCUT2D eigenvalue weighted by Gasteiger charge is 2.30. The fourth-order valence-corrected chi connectivity index (χ4v) is 3.48. The van der Waals surface area contributed by atoms with Gasteiger partial charge in [0.1, 0.15) is 0 Å². The molecule has 7 nitrogen and oxygen atoms in total. The largest absolute Gasteiger partial charge is 0.450 e. The number of hydrogen-bond donors (Lipinski definition) is 2. The summed E-state index contributed by atoms with van der Waals surface area (Å²) in [5, 5.41) is 6.88. The van der Waals surface area contributed by atoms with Crippen LogP contribution in [0.3, 0.4) is 0 Å². The Bertz CT molecular complexity index is 461. The number of likely N-dealkylation sites (tertiary alicyclic amines) is 1. The standard InChI is InChI=1S/C19H37N5O2.HI/c1-5-20-18(21-11-14-24(15(3)4)17-7-8-17)22-16-9-12-23(13-10-16)19(25)26-6-2;/h15-17H,5-14H2,1-4H3,(H2,20,21,22);1H. The van der Waals surface area contributed by atoms with Crippen LogP contribution in [0.25, 0.3) is 0 Å². The van der Waals surface area contributed by atoms with E-state index in [1.165, 1.54) is 12.8 Å². The molecule has 2 aliphatic rings. The van der Waals surface area contributed by atoms with E-state index in [-0.39, 0.29) is 30.1 Å². The fraction of sp³-hybridized carbons (Fsp3) is 0.895. The summed E-state index contributed by atoms with van der Waals surface area (Å²) in [6.07, 6.45) is 4.31. The quantitative estimate of drug-likeness (QED) is 0.308. The summed E-state index contributed by atoms with van der Waals surface area (Å²) in [7, 11) is 0. The smallest absolute Gasteiger partial charge is 0.409 e. The molecule has 0 aromatic rings. The molecule has 2 rings (SSSR count). The minimum Gasteiger partial charge on any atom is -0.450 e. The Morgan fingerprint density at radius 2 is 1.89 bits per heavy atom. The molecule has 0 aromatic carbocycles. The molecule has 2 fully saturated rings. The van der Waals surface area contributed by atoms with E-state index in [2.05, 4.69) is 36.3 Å². The first-order valence-electron chi connectivity index (χ1n) is 10.3. The summed E-state index contributed by atoms with van der Waals surface area (Å²) in [6, 6.07) is 1.71. The van der Waals surface area contributed by atoms with Crippen LogP contribution in [-0.4, -0.2) is 79.3 Å². The number of ether oxygens (including phenoxy) is 1. The van der Waals surface area contributed by atoms with Gasteiger partial charge in [-0.25, -0.2) is 4.79 Å². The van der Waals surface area contributed by atoms with Crippen LogP contribution in [0, 0.1) is 0 Å². The molecule has 1 saturated carbocycles. The van der Waals surface area contributed by atoms with Gasteiger partial charge in [-0.05, 0) is 53.4 Å². The summed E-state index contributed by atoms with van der Waals surface area (Å²) in [5.74, 6) is 0.890. The Labute approximate surface area is 181 Å². The van der Waals surface area contributed by atoms with Crippen molar-refractivity contribution < 1.29 is 9.53 Å². The van der Waals surface area contributed by atoms with Crippen molar-refractivity contribution in [2.24, 2.45) is 4.99 Å². The Morgan fingerprint density at radius 1 is 1.22 bits per heavy atom. The normalized spacial score (nSPS) is 18.4. The number of piperidine rings is 1. The number of nitrogens with one attached hydrogen (secondary N) is 2. The lowest BCUT2D eigenvalue weighted by molar-refractivity contribution is 0.0963. The van der Waals surface area contributed by atoms with Crippen molar-refractivity contribution in [2.75, 3.05) is 39.3 Å². The van der Waals surface area contributed by atoms with E-state index in [0.717, 1.165) is 57.6 Å². The van der Waals surface area contributed by atoms with Gasteiger partial charge in [0, 0.05) is 44.3 Å². The predicted molar refractivity (Wildman–Crippen MR) is 121 cm³/mol. The molecule has 0 spiro atoms. The molecular formula is C19H38IN5O2. The molecule has 1 aliphatic heterocycles. The van der Waals surface area contributed by atoms with Crippen molar-refractivity contribution >= 4 is 36.0 Å². The van der Waals surface area contributed by atoms with E-state index in [0.29, 0.717) is 18.7 Å². The molecule has 2 N–H and O–H groups in total. The van der Waals surface area contributed by atoms with Crippen LogP contribution in [0.4, 0.5) is 4.79 Å². The lowest BCUT2D eigenvalue weighted by Gasteiger charge is -2.32. The van der Waals surface area contributed by atoms with Gasteiger partial charge in [-0.1, -0.05) is 0 Å². The predicted octanol–water partition coefficient (Wildman–Crippen LogP) is 2.65. The fourth-order valence-electron chi connectivity index (χ4n) is 3.48. The van der Waals surface area contributed by atoms with Gasteiger partial charge < -0.3 is 20.3 Å². The maximum absolute atomic E-state index is 11.8. The number of amides is 1. The van der Waals surface area contributed by atoms with Gasteiger partial charge in [0.15, 0.2) is 5.96 Å². The van der Waals surface area contributed by atoms with Gasteiger partial charge in [-0.15, -0.1) is 24.0 Å². The molecule has 1 amide bonds. The minimum absolute atomic E-state index is 0. The number of carbonyl (C=O) groups is 1. The Kier molecular flexibility index (Phi) is 11.4. The molecule has 0 unspecified atom stereocenters. The number of carbonyl (C=O) groups excluding carboxylic acids is 1. The lowest BCUT2D eigenvalue weighted by atomic mass is 10.1. The maximum Gasteiger partial charge on any atom is 0.409 e. The molecule has 1 saturated heterocycles. The summed E-state index contributed by atoms with van der Waals surface area (Å²) in [5.41, 5.74) is 0. The zero-order valence-electron chi connectivity index (χ0n) is 17.4. The number of hydrogen-bond acceptors (Lipinski definition) is 4. The van der Waals surface area contributed by atoms with E-state index in [1.807, 2.05) is 6.92 Å². The lowest BCUT2D eigenvalue weighted by Crippen LogP contribution is -2.50. The SMILES string of the molecule is CCNC(=NCCN(C(C)C)C1CC1)NC1CCN(C(=O)OCC)CC1.I. The average Bonchev–Trinajstić information content (AvgIpc) is 3.44. The summed E-state index contributed by atoms with van der Waals surface area (Å²) >= 11 is 0. The molecule has 158 valence electrons. The number of rotatable bonds is 8. The van der Waals surface area contributed by atoms with Gasteiger partial charge in [-0.2, -0.15) is 0 Å². The van der Waals surface area contributed by atoms with Crippen LogP contribution in [0.1, 0.15) is 53.4 Å². The third-order valence-electron chi connectivity index (χ3n) is 5.01. The van der Waals surface area contributed by atoms with E-state index in [1.54, 1.807) is 4.90 Å². The van der Waals surface area contributed by atoms with Crippen LogP contribution in [0.2, 0.25) is 0 Å². The van der Waals surface area contributed by atoms with Crippen molar-refractivity contribution in [3.63, 3.8) is 0 Å². The van der Waals surface area contributed by atoms with Crippen molar-refractivity contribution in [1.82, 2.24) is 20.4 Å². The minimum atomic E-state index is -0.194.